The van der Waals surface area contributed by atoms with Crippen LogP contribution in [0.5, 0.6) is 0 Å². The van der Waals surface area contributed by atoms with E-state index in [1.54, 1.807) is 0 Å². The highest BCUT2D eigenvalue weighted by atomic mass is 32.2. The van der Waals surface area contributed by atoms with Crippen LogP contribution in [0.3, 0.4) is 0 Å². The lowest BCUT2D eigenvalue weighted by Crippen LogP contribution is -2.38. The molecule has 146 valence electrons. The summed E-state index contributed by atoms with van der Waals surface area (Å²) in [6, 6.07) is 2.84. The number of hydrogen-bond donors (Lipinski definition) is 1. The highest BCUT2D eigenvalue weighted by molar-refractivity contribution is 7.89. The number of nitrogens with one attached hydrogen (secondary N) is 1. The molecular formula is C18H29N3O4S. The summed E-state index contributed by atoms with van der Waals surface area (Å²) < 4.78 is 28.3. The van der Waals surface area contributed by atoms with Crippen LogP contribution >= 0.6 is 0 Å². The van der Waals surface area contributed by atoms with Crippen molar-refractivity contribution in [2.45, 2.75) is 57.4 Å². The zero-order chi connectivity index (χ0) is 19.2. The van der Waals surface area contributed by atoms with Gasteiger partial charge >= 0.3 is 0 Å². The molecule has 7 nitrogen and oxygen atoms in total. The second kappa shape index (κ2) is 9.32. The molecule has 1 aliphatic heterocycles. The van der Waals surface area contributed by atoms with Crippen molar-refractivity contribution in [2.75, 3.05) is 19.6 Å². The molecule has 1 fully saturated rings. The summed E-state index contributed by atoms with van der Waals surface area (Å²) in [5.41, 5.74) is -0.643. The van der Waals surface area contributed by atoms with Gasteiger partial charge in [-0.3, -0.25) is 9.59 Å². The molecule has 0 unspecified atom stereocenters. The summed E-state index contributed by atoms with van der Waals surface area (Å²) in [5, 5.41) is 2.76. The van der Waals surface area contributed by atoms with Crippen molar-refractivity contribution in [1.29, 1.82) is 0 Å². The van der Waals surface area contributed by atoms with Crippen LogP contribution in [-0.4, -0.2) is 42.8 Å². The number of nitrogens with zero attached hydrogens (tertiary/aromatic N) is 2. The van der Waals surface area contributed by atoms with Gasteiger partial charge in [-0.15, -0.1) is 0 Å². The first-order valence-corrected chi connectivity index (χ1v) is 10.7. The van der Waals surface area contributed by atoms with Crippen molar-refractivity contribution >= 4 is 15.9 Å². The van der Waals surface area contributed by atoms with Crippen LogP contribution in [0.4, 0.5) is 0 Å². The van der Waals surface area contributed by atoms with Gasteiger partial charge in [-0.25, -0.2) is 8.42 Å². The maximum Gasteiger partial charge on any atom is 0.271 e. The van der Waals surface area contributed by atoms with Gasteiger partial charge in [0, 0.05) is 25.8 Å². The molecular weight excluding hydrogens is 354 g/mol. The molecule has 1 saturated heterocycles. The molecule has 8 heteroatoms. The normalized spacial score (nSPS) is 16.4. The first-order chi connectivity index (χ1) is 12.3. The molecule has 0 bridgehead atoms. The number of amides is 1. The van der Waals surface area contributed by atoms with E-state index in [4.69, 9.17) is 0 Å². The summed E-state index contributed by atoms with van der Waals surface area (Å²) in [6.07, 6.45) is 5.91. The molecule has 0 atom stereocenters. The smallest absolute Gasteiger partial charge is 0.271 e. The van der Waals surface area contributed by atoms with Gasteiger partial charge in [0.2, 0.25) is 15.9 Å². The summed E-state index contributed by atoms with van der Waals surface area (Å²) in [4.78, 5) is 24.4. The Labute approximate surface area is 155 Å². The van der Waals surface area contributed by atoms with Crippen molar-refractivity contribution in [1.82, 2.24) is 14.2 Å². The fourth-order valence-electron chi connectivity index (χ4n) is 2.97. The monoisotopic (exact) mass is 383 g/mol. The van der Waals surface area contributed by atoms with E-state index in [2.05, 4.69) is 19.2 Å². The third-order valence-corrected chi connectivity index (χ3v) is 6.44. The van der Waals surface area contributed by atoms with Gasteiger partial charge in [-0.2, -0.15) is 4.31 Å². The number of sulfonamides is 1. The fourth-order valence-corrected chi connectivity index (χ4v) is 4.57. The minimum atomic E-state index is -3.83. The Kier molecular flexibility index (Phi) is 7.40. The largest absolute Gasteiger partial charge is 0.355 e. The number of carbonyl (C=O) groups excluding carboxylic acids is 1. The van der Waals surface area contributed by atoms with Gasteiger partial charge < -0.3 is 9.88 Å². The Balaban J connectivity index is 2.15. The second-order valence-corrected chi connectivity index (χ2v) is 9.06. The van der Waals surface area contributed by atoms with Crippen molar-refractivity contribution in [2.24, 2.45) is 5.92 Å². The molecule has 26 heavy (non-hydrogen) atoms. The zero-order valence-corrected chi connectivity index (χ0v) is 16.4. The van der Waals surface area contributed by atoms with Crippen LogP contribution in [0, 0.1) is 5.92 Å². The maximum atomic E-state index is 12.9. The topological polar surface area (TPSA) is 88.5 Å². The van der Waals surface area contributed by atoms with E-state index < -0.39 is 15.6 Å². The Morgan fingerprint density at radius 1 is 1.19 bits per heavy atom. The highest BCUT2D eigenvalue weighted by Crippen LogP contribution is 2.17. The molecule has 1 N–H and O–H groups in total. The van der Waals surface area contributed by atoms with Gasteiger partial charge in [0.25, 0.3) is 5.56 Å². The molecule has 1 aliphatic rings. The van der Waals surface area contributed by atoms with E-state index in [1.165, 1.54) is 22.6 Å². The van der Waals surface area contributed by atoms with E-state index in [-0.39, 0.29) is 17.3 Å². The van der Waals surface area contributed by atoms with Crippen LogP contribution < -0.4 is 10.9 Å². The third-order valence-electron chi connectivity index (χ3n) is 4.53. The summed E-state index contributed by atoms with van der Waals surface area (Å²) >= 11 is 0. The van der Waals surface area contributed by atoms with E-state index in [1.807, 2.05) is 0 Å². The molecule has 1 aromatic rings. The van der Waals surface area contributed by atoms with E-state index >= 15 is 0 Å². The number of carbonyl (C=O) groups is 1. The summed E-state index contributed by atoms with van der Waals surface area (Å²) in [7, 11) is -3.83. The second-order valence-electron chi connectivity index (χ2n) is 7.16. The van der Waals surface area contributed by atoms with Crippen LogP contribution in [0.15, 0.2) is 28.0 Å². The minimum absolute atomic E-state index is 0.180. The zero-order valence-electron chi connectivity index (χ0n) is 15.6. The number of hydrogen-bond acceptors (Lipinski definition) is 4. The molecule has 2 heterocycles. The van der Waals surface area contributed by atoms with Crippen LogP contribution in [0.1, 0.15) is 46.0 Å². The van der Waals surface area contributed by atoms with Crippen molar-refractivity contribution < 1.29 is 13.2 Å². The lowest BCUT2D eigenvalue weighted by molar-refractivity contribution is -0.121. The SMILES string of the molecule is CC(C)CCNC(=O)Cn1cccc(S(=O)(=O)N2CCCCCC2)c1=O. The first kappa shape index (κ1) is 20.6. The molecule has 0 saturated carbocycles. The van der Waals surface area contributed by atoms with Crippen LogP contribution in [0.2, 0.25) is 0 Å². The van der Waals surface area contributed by atoms with Gasteiger partial charge in [-0.1, -0.05) is 26.7 Å². The van der Waals surface area contributed by atoms with Crippen LogP contribution in [0.25, 0.3) is 0 Å². The predicted octanol–water partition coefficient (Wildman–Crippen LogP) is 1.58. The lowest BCUT2D eigenvalue weighted by atomic mass is 10.1. The first-order valence-electron chi connectivity index (χ1n) is 9.28. The Morgan fingerprint density at radius 2 is 1.85 bits per heavy atom. The average molecular weight is 384 g/mol. The van der Waals surface area contributed by atoms with Crippen molar-refractivity contribution in [3.8, 4) is 0 Å². The fraction of sp³-hybridized carbons (Fsp3) is 0.667. The summed E-state index contributed by atoms with van der Waals surface area (Å²) in [6.45, 7) is 5.36. The number of pyridine rings is 1. The number of aromatic nitrogens is 1. The highest BCUT2D eigenvalue weighted by Gasteiger charge is 2.28. The standard InChI is InChI=1S/C18H29N3O4S/c1-15(2)9-10-19-17(22)14-20-11-7-8-16(18(20)23)26(24,25)21-12-5-3-4-6-13-21/h7-8,11,15H,3-6,9-10,12-14H2,1-2H3,(H,19,22). The number of rotatable bonds is 7. The van der Waals surface area contributed by atoms with Crippen LogP contribution in [-0.2, 0) is 21.4 Å². The van der Waals surface area contributed by atoms with Gasteiger partial charge in [0.1, 0.15) is 11.4 Å². The predicted molar refractivity (Wildman–Crippen MR) is 100 cm³/mol. The van der Waals surface area contributed by atoms with Gasteiger partial charge in [0.15, 0.2) is 0 Å². The minimum Gasteiger partial charge on any atom is -0.355 e. The van der Waals surface area contributed by atoms with E-state index in [0.717, 1.165) is 36.7 Å². The Bertz CT molecular complexity index is 763. The van der Waals surface area contributed by atoms with E-state index in [0.29, 0.717) is 25.6 Å². The quantitative estimate of drug-likeness (QED) is 0.774. The van der Waals surface area contributed by atoms with Crippen molar-refractivity contribution in [3.05, 3.63) is 28.7 Å². The molecule has 0 aliphatic carbocycles. The summed E-state index contributed by atoms with van der Waals surface area (Å²) in [5.74, 6) is 0.178. The molecule has 1 amide bonds. The molecule has 0 spiro atoms. The molecule has 0 radical (unpaired) electrons. The Hall–Kier alpha value is -1.67. The molecule has 2 rings (SSSR count). The third kappa shape index (κ3) is 5.41. The lowest BCUT2D eigenvalue weighted by Gasteiger charge is -2.20. The Morgan fingerprint density at radius 3 is 2.46 bits per heavy atom. The molecule has 0 aromatic carbocycles. The van der Waals surface area contributed by atoms with Crippen molar-refractivity contribution in [3.63, 3.8) is 0 Å². The van der Waals surface area contributed by atoms with E-state index in [9.17, 15) is 18.0 Å². The average Bonchev–Trinajstić information content (AvgIpc) is 2.86. The van der Waals surface area contributed by atoms with Gasteiger partial charge in [0.05, 0.1) is 0 Å². The maximum absolute atomic E-state index is 12.9. The molecule has 1 aromatic heterocycles. The van der Waals surface area contributed by atoms with Gasteiger partial charge in [-0.05, 0) is 37.3 Å².